The molecule has 3 rings (SSSR count). The lowest BCUT2D eigenvalue weighted by Gasteiger charge is -2.21. The van der Waals surface area contributed by atoms with E-state index in [1.165, 1.54) is 0 Å². The van der Waals surface area contributed by atoms with E-state index in [1.54, 1.807) is 0 Å². The molecule has 1 aromatic heterocycles. The van der Waals surface area contributed by atoms with Gasteiger partial charge >= 0.3 is 0 Å². The van der Waals surface area contributed by atoms with Gasteiger partial charge in [-0.25, -0.2) is 0 Å². The Balaban J connectivity index is 1.58. The van der Waals surface area contributed by atoms with Gasteiger partial charge < -0.3 is 10.6 Å². The smallest absolute Gasteiger partial charge is 0.272 e. The second kappa shape index (κ2) is 7.07. The van der Waals surface area contributed by atoms with Crippen LogP contribution in [0, 0.1) is 0 Å². The number of nitrogens with one attached hydrogen (secondary N) is 3. The van der Waals surface area contributed by atoms with Crippen LogP contribution < -0.4 is 10.6 Å². The molecule has 0 spiro atoms. The van der Waals surface area contributed by atoms with Crippen molar-refractivity contribution in [3.63, 3.8) is 0 Å². The van der Waals surface area contributed by atoms with E-state index in [-0.39, 0.29) is 5.91 Å². The van der Waals surface area contributed by atoms with E-state index in [1.807, 2.05) is 30.3 Å². The van der Waals surface area contributed by atoms with Gasteiger partial charge in [-0.1, -0.05) is 28.1 Å². The van der Waals surface area contributed by atoms with Crippen LogP contribution in [0.2, 0.25) is 0 Å². The standard InChI is InChI=1S/C16H19BrN4O/c17-13-5-3-11(4-6-13)9-19-16(22)15-8-14(20-21-15)12-2-1-7-18-10-12/h3-6,8,12,18H,1-2,7,9-10H2,(H,19,22)(H,20,21). The number of benzene rings is 1. The van der Waals surface area contributed by atoms with E-state index < -0.39 is 0 Å². The molecule has 22 heavy (non-hydrogen) atoms. The van der Waals surface area contributed by atoms with Crippen LogP contribution in [-0.4, -0.2) is 29.2 Å². The number of hydrogen-bond donors (Lipinski definition) is 3. The second-order valence-electron chi connectivity index (χ2n) is 5.56. The van der Waals surface area contributed by atoms with Crippen LogP contribution in [0.5, 0.6) is 0 Å². The molecule has 1 amide bonds. The number of amides is 1. The average Bonchev–Trinajstić information content (AvgIpc) is 3.05. The minimum atomic E-state index is -0.144. The van der Waals surface area contributed by atoms with Gasteiger partial charge in [0.1, 0.15) is 5.69 Å². The normalized spacial score (nSPS) is 18.1. The number of aromatic nitrogens is 2. The Morgan fingerprint density at radius 2 is 2.18 bits per heavy atom. The highest BCUT2D eigenvalue weighted by Gasteiger charge is 2.19. The third-order valence-electron chi connectivity index (χ3n) is 3.93. The summed E-state index contributed by atoms with van der Waals surface area (Å²) in [5, 5.41) is 13.4. The molecule has 0 aliphatic carbocycles. The van der Waals surface area contributed by atoms with E-state index >= 15 is 0 Å². The minimum absolute atomic E-state index is 0.144. The van der Waals surface area contributed by atoms with Crippen molar-refractivity contribution in [2.45, 2.75) is 25.3 Å². The van der Waals surface area contributed by atoms with E-state index in [0.717, 1.165) is 41.7 Å². The number of aromatic amines is 1. The summed E-state index contributed by atoms with van der Waals surface area (Å²) in [6.07, 6.45) is 2.30. The first-order valence-electron chi connectivity index (χ1n) is 7.51. The van der Waals surface area contributed by atoms with E-state index in [9.17, 15) is 4.79 Å². The fourth-order valence-electron chi connectivity index (χ4n) is 2.65. The van der Waals surface area contributed by atoms with E-state index in [0.29, 0.717) is 18.2 Å². The molecule has 1 aliphatic rings. The number of halogens is 1. The SMILES string of the molecule is O=C(NCc1ccc(Br)cc1)c1cc(C2CCCNC2)[nH]n1. The van der Waals surface area contributed by atoms with Gasteiger partial charge in [-0.15, -0.1) is 0 Å². The highest BCUT2D eigenvalue weighted by atomic mass is 79.9. The zero-order valence-corrected chi connectivity index (χ0v) is 13.8. The molecule has 0 bridgehead atoms. The summed E-state index contributed by atoms with van der Waals surface area (Å²) in [6.45, 7) is 2.52. The number of H-pyrrole nitrogens is 1. The van der Waals surface area contributed by atoms with Gasteiger partial charge in [0.25, 0.3) is 5.91 Å². The predicted molar refractivity (Wildman–Crippen MR) is 88.7 cm³/mol. The summed E-state index contributed by atoms with van der Waals surface area (Å²) in [5.74, 6) is 0.281. The van der Waals surface area contributed by atoms with Gasteiger partial charge in [-0.05, 0) is 43.1 Å². The Kier molecular flexibility index (Phi) is 4.90. The van der Waals surface area contributed by atoms with Gasteiger partial charge in [0.15, 0.2) is 0 Å². The zero-order valence-electron chi connectivity index (χ0n) is 12.2. The van der Waals surface area contributed by atoms with E-state index in [2.05, 4.69) is 36.8 Å². The molecule has 1 saturated heterocycles. The van der Waals surface area contributed by atoms with Gasteiger partial charge in [0.2, 0.25) is 0 Å². The summed E-state index contributed by atoms with van der Waals surface area (Å²) in [5.41, 5.74) is 2.56. The summed E-state index contributed by atoms with van der Waals surface area (Å²) < 4.78 is 1.03. The molecule has 116 valence electrons. The summed E-state index contributed by atoms with van der Waals surface area (Å²) >= 11 is 3.40. The van der Waals surface area contributed by atoms with Crippen LogP contribution in [0.3, 0.4) is 0 Å². The highest BCUT2D eigenvalue weighted by molar-refractivity contribution is 9.10. The summed E-state index contributed by atoms with van der Waals surface area (Å²) in [6, 6.07) is 9.76. The maximum atomic E-state index is 12.2. The number of rotatable bonds is 4. The maximum Gasteiger partial charge on any atom is 0.272 e. The minimum Gasteiger partial charge on any atom is -0.347 e. The lowest BCUT2D eigenvalue weighted by molar-refractivity contribution is 0.0946. The quantitative estimate of drug-likeness (QED) is 0.782. The summed E-state index contributed by atoms with van der Waals surface area (Å²) in [7, 11) is 0. The molecule has 0 radical (unpaired) electrons. The maximum absolute atomic E-state index is 12.2. The largest absolute Gasteiger partial charge is 0.347 e. The van der Waals surface area contributed by atoms with Crippen molar-refractivity contribution in [1.82, 2.24) is 20.8 Å². The Morgan fingerprint density at radius 3 is 2.91 bits per heavy atom. The topological polar surface area (TPSA) is 69.8 Å². The fraction of sp³-hybridized carbons (Fsp3) is 0.375. The average molecular weight is 363 g/mol. The van der Waals surface area contributed by atoms with Crippen LogP contribution in [0.4, 0.5) is 0 Å². The Morgan fingerprint density at radius 1 is 1.36 bits per heavy atom. The zero-order chi connectivity index (χ0) is 15.4. The van der Waals surface area contributed by atoms with Crippen molar-refractivity contribution < 1.29 is 4.79 Å². The van der Waals surface area contributed by atoms with Crippen LogP contribution in [-0.2, 0) is 6.54 Å². The molecule has 0 saturated carbocycles. The van der Waals surface area contributed by atoms with Crippen LogP contribution >= 0.6 is 15.9 Å². The first-order valence-corrected chi connectivity index (χ1v) is 8.30. The third-order valence-corrected chi connectivity index (χ3v) is 4.46. The van der Waals surface area contributed by atoms with Crippen molar-refractivity contribution in [2.75, 3.05) is 13.1 Å². The fourth-order valence-corrected chi connectivity index (χ4v) is 2.92. The number of hydrogen-bond acceptors (Lipinski definition) is 3. The molecule has 2 heterocycles. The Hall–Kier alpha value is -1.66. The lowest BCUT2D eigenvalue weighted by Crippen LogP contribution is -2.28. The first kappa shape index (κ1) is 15.2. The molecular formula is C16H19BrN4O. The molecule has 6 heteroatoms. The molecule has 1 aromatic carbocycles. The third kappa shape index (κ3) is 3.75. The highest BCUT2D eigenvalue weighted by Crippen LogP contribution is 2.21. The number of carbonyl (C=O) groups excluding carboxylic acids is 1. The molecule has 1 atom stereocenters. The van der Waals surface area contributed by atoms with Crippen molar-refractivity contribution in [3.8, 4) is 0 Å². The summed E-state index contributed by atoms with van der Waals surface area (Å²) in [4.78, 5) is 12.2. The number of carbonyl (C=O) groups is 1. The van der Waals surface area contributed by atoms with Crippen LogP contribution in [0.25, 0.3) is 0 Å². The second-order valence-corrected chi connectivity index (χ2v) is 6.48. The van der Waals surface area contributed by atoms with Gasteiger partial charge in [0, 0.05) is 29.2 Å². The van der Waals surface area contributed by atoms with Gasteiger partial charge in [-0.2, -0.15) is 5.10 Å². The van der Waals surface area contributed by atoms with Gasteiger partial charge in [0.05, 0.1) is 0 Å². The molecule has 2 aromatic rings. The first-order chi connectivity index (χ1) is 10.7. The number of nitrogens with zero attached hydrogens (tertiary/aromatic N) is 1. The Labute approximate surface area is 138 Å². The molecule has 1 fully saturated rings. The molecule has 3 N–H and O–H groups in total. The number of piperidine rings is 1. The van der Waals surface area contributed by atoms with Crippen molar-refractivity contribution in [1.29, 1.82) is 0 Å². The van der Waals surface area contributed by atoms with Crippen LogP contribution in [0.1, 0.15) is 40.5 Å². The Bertz CT molecular complexity index is 632. The molecular weight excluding hydrogens is 344 g/mol. The molecule has 5 nitrogen and oxygen atoms in total. The molecule has 1 unspecified atom stereocenters. The van der Waals surface area contributed by atoms with Crippen molar-refractivity contribution >= 4 is 21.8 Å². The van der Waals surface area contributed by atoms with E-state index in [4.69, 9.17) is 0 Å². The lowest BCUT2D eigenvalue weighted by atomic mass is 9.96. The monoisotopic (exact) mass is 362 g/mol. The van der Waals surface area contributed by atoms with Crippen molar-refractivity contribution in [2.24, 2.45) is 0 Å². The molecule has 1 aliphatic heterocycles. The van der Waals surface area contributed by atoms with Crippen molar-refractivity contribution in [3.05, 3.63) is 51.8 Å². The van der Waals surface area contributed by atoms with Crippen LogP contribution in [0.15, 0.2) is 34.8 Å². The van der Waals surface area contributed by atoms with Gasteiger partial charge in [-0.3, -0.25) is 9.89 Å². The predicted octanol–water partition coefficient (Wildman–Crippen LogP) is 2.57.